The molecule has 0 spiro atoms. The molecule has 0 bridgehead atoms. The fourth-order valence-corrected chi connectivity index (χ4v) is 1.57. The van der Waals surface area contributed by atoms with Gasteiger partial charge >= 0.3 is 0 Å². The van der Waals surface area contributed by atoms with E-state index in [2.05, 4.69) is 0 Å². The van der Waals surface area contributed by atoms with E-state index in [-0.39, 0.29) is 5.50 Å². The first-order valence-corrected chi connectivity index (χ1v) is 5.46. The average Bonchev–Trinajstić information content (AvgIpc) is 2.18. The van der Waals surface area contributed by atoms with E-state index in [9.17, 15) is 5.11 Å². The number of aliphatic hydroxyl groups excluding tert-OH is 1. The molecule has 0 aliphatic carbocycles. The smallest absolute Gasteiger partial charge is 0.236 e. The van der Waals surface area contributed by atoms with Gasteiger partial charge in [-0.1, -0.05) is 30.3 Å². The van der Waals surface area contributed by atoms with E-state index < -0.39 is 8.38 Å². The SMILES string of the molecule is CC(Cc1ccccc1)=C(O)P(O)O. The molecule has 3 N–H and O–H groups in total. The summed E-state index contributed by atoms with van der Waals surface area (Å²) in [4.78, 5) is 17.6. The number of hydrogen-bond acceptors (Lipinski definition) is 3. The van der Waals surface area contributed by atoms with Gasteiger partial charge in [0.2, 0.25) is 8.38 Å². The minimum atomic E-state index is -2.36. The van der Waals surface area contributed by atoms with E-state index in [1.165, 1.54) is 0 Å². The first-order chi connectivity index (χ1) is 6.61. The first kappa shape index (κ1) is 11.2. The molecule has 0 unspecified atom stereocenters. The third kappa shape index (κ3) is 3.11. The van der Waals surface area contributed by atoms with Gasteiger partial charge in [-0.05, 0) is 24.5 Å². The van der Waals surface area contributed by atoms with Crippen LogP contribution in [-0.4, -0.2) is 14.9 Å². The number of rotatable bonds is 3. The fourth-order valence-electron chi connectivity index (χ4n) is 1.15. The van der Waals surface area contributed by atoms with Gasteiger partial charge in [-0.3, -0.25) is 0 Å². The minimum Gasteiger partial charge on any atom is -0.503 e. The van der Waals surface area contributed by atoms with Gasteiger partial charge in [0, 0.05) is 0 Å². The van der Waals surface area contributed by atoms with Gasteiger partial charge in [-0.15, -0.1) is 0 Å². The molecule has 0 aliphatic heterocycles. The lowest BCUT2D eigenvalue weighted by Gasteiger charge is -2.06. The van der Waals surface area contributed by atoms with Gasteiger partial charge in [0.1, 0.15) is 0 Å². The molecule has 0 aromatic heterocycles. The highest BCUT2D eigenvalue weighted by Crippen LogP contribution is 2.35. The summed E-state index contributed by atoms with van der Waals surface area (Å²) in [5.74, 6) is 0. The molecular weight excluding hydrogens is 199 g/mol. The second kappa shape index (κ2) is 5.11. The summed E-state index contributed by atoms with van der Waals surface area (Å²) >= 11 is 0. The van der Waals surface area contributed by atoms with Gasteiger partial charge in [-0.2, -0.15) is 0 Å². The number of aliphatic hydroxyl groups is 1. The molecule has 0 saturated carbocycles. The quantitative estimate of drug-likeness (QED) is 0.532. The monoisotopic (exact) mass is 212 g/mol. The first-order valence-electron chi connectivity index (χ1n) is 4.22. The minimum absolute atomic E-state index is 0.302. The predicted molar refractivity (Wildman–Crippen MR) is 56.8 cm³/mol. The highest BCUT2D eigenvalue weighted by molar-refractivity contribution is 7.49. The molecule has 76 valence electrons. The van der Waals surface area contributed by atoms with Crippen molar-refractivity contribution in [2.24, 2.45) is 0 Å². The molecule has 0 atom stereocenters. The van der Waals surface area contributed by atoms with Gasteiger partial charge in [-0.25, -0.2) is 0 Å². The zero-order valence-electron chi connectivity index (χ0n) is 7.88. The Balaban J connectivity index is 2.75. The maximum atomic E-state index is 9.26. The van der Waals surface area contributed by atoms with Crippen molar-refractivity contribution < 1.29 is 14.9 Å². The van der Waals surface area contributed by atoms with Crippen LogP contribution in [0.1, 0.15) is 12.5 Å². The van der Waals surface area contributed by atoms with E-state index in [0.29, 0.717) is 12.0 Å². The van der Waals surface area contributed by atoms with E-state index in [4.69, 9.17) is 9.79 Å². The van der Waals surface area contributed by atoms with Crippen LogP contribution in [0.25, 0.3) is 0 Å². The van der Waals surface area contributed by atoms with Gasteiger partial charge in [0.05, 0.1) is 0 Å². The topological polar surface area (TPSA) is 60.7 Å². The van der Waals surface area contributed by atoms with Crippen molar-refractivity contribution in [3.8, 4) is 0 Å². The van der Waals surface area contributed by atoms with Crippen molar-refractivity contribution in [3.05, 3.63) is 47.0 Å². The lowest BCUT2D eigenvalue weighted by Crippen LogP contribution is -1.91. The number of allylic oxidation sites excluding steroid dienone is 1. The zero-order chi connectivity index (χ0) is 10.6. The summed E-state index contributed by atoms with van der Waals surface area (Å²) in [5, 5.41) is 9.26. The number of benzene rings is 1. The lowest BCUT2D eigenvalue weighted by molar-refractivity contribution is 0.396. The number of hydrogen-bond donors (Lipinski definition) is 3. The molecule has 4 heteroatoms. The maximum Gasteiger partial charge on any atom is 0.236 e. The maximum absolute atomic E-state index is 9.26. The third-order valence-corrected chi connectivity index (χ3v) is 2.64. The van der Waals surface area contributed by atoms with Crippen molar-refractivity contribution in [3.63, 3.8) is 0 Å². The Morgan fingerprint density at radius 1 is 1.21 bits per heavy atom. The van der Waals surface area contributed by atoms with Crippen LogP contribution in [0.3, 0.4) is 0 Å². The molecule has 1 aromatic rings. The molecule has 1 rings (SSSR count). The van der Waals surface area contributed by atoms with Crippen molar-refractivity contribution in [2.75, 3.05) is 0 Å². The largest absolute Gasteiger partial charge is 0.503 e. The van der Waals surface area contributed by atoms with Gasteiger partial charge in [0.15, 0.2) is 5.50 Å². The molecule has 0 heterocycles. The normalized spacial score (nSPS) is 12.9. The van der Waals surface area contributed by atoms with E-state index in [1.807, 2.05) is 30.3 Å². The molecule has 0 saturated heterocycles. The van der Waals surface area contributed by atoms with Crippen molar-refractivity contribution in [1.29, 1.82) is 0 Å². The molecule has 3 nitrogen and oxygen atoms in total. The summed E-state index contributed by atoms with van der Waals surface area (Å²) in [6, 6.07) is 9.57. The zero-order valence-corrected chi connectivity index (χ0v) is 8.78. The molecule has 0 amide bonds. The van der Waals surface area contributed by atoms with Crippen LogP contribution in [0.2, 0.25) is 0 Å². The second-order valence-electron chi connectivity index (χ2n) is 3.06. The fraction of sp³-hybridized carbons (Fsp3) is 0.200. The van der Waals surface area contributed by atoms with Crippen LogP contribution in [0.15, 0.2) is 41.4 Å². The molecular formula is C10H13O3P. The summed E-state index contributed by atoms with van der Waals surface area (Å²) in [6.07, 6.45) is 0.534. The van der Waals surface area contributed by atoms with Crippen LogP contribution < -0.4 is 0 Å². The lowest BCUT2D eigenvalue weighted by atomic mass is 10.1. The van der Waals surface area contributed by atoms with Crippen LogP contribution in [0.4, 0.5) is 0 Å². The molecule has 1 aromatic carbocycles. The Labute approximate surface area is 84.3 Å². The van der Waals surface area contributed by atoms with Gasteiger partial charge < -0.3 is 14.9 Å². The highest BCUT2D eigenvalue weighted by Gasteiger charge is 2.09. The second-order valence-corrected chi connectivity index (χ2v) is 4.06. The van der Waals surface area contributed by atoms with Crippen LogP contribution in [0, 0.1) is 0 Å². The molecule has 0 fully saturated rings. The van der Waals surface area contributed by atoms with Crippen LogP contribution >= 0.6 is 8.38 Å². The average molecular weight is 212 g/mol. The Morgan fingerprint density at radius 3 is 2.29 bits per heavy atom. The molecule has 0 radical (unpaired) electrons. The Hall–Kier alpha value is -0.890. The van der Waals surface area contributed by atoms with Crippen LogP contribution in [0.5, 0.6) is 0 Å². The molecule has 14 heavy (non-hydrogen) atoms. The summed E-state index contributed by atoms with van der Waals surface area (Å²) in [7, 11) is -2.36. The summed E-state index contributed by atoms with van der Waals surface area (Å²) in [6.45, 7) is 1.68. The van der Waals surface area contributed by atoms with Crippen molar-refractivity contribution >= 4 is 8.38 Å². The Kier molecular flexibility index (Phi) is 4.08. The Morgan fingerprint density at radius 2 is 1.79 bits per heavy atom. The van der Waals surface area contributed by atoms with E-state index in [1.54, 1.807) is 6.92 Å². The third-order valence-electron chi connectivity index (χ3n) is 1.88. The predicted octanol–water partition coefficient (Wildman–Crippen LogP) is 2.32. The summed E-state index contributed by atoms with van der Waals surface area (Å²) in [5.41, 5.74) is 1.32. The molecule has 0 aliphatic rings. The van der Waals surface area contributed by atoms with Crippen LogP contribution in [-0.2, 0) is 6.42 Å². The Bertz CT molecular complexity index is 319. The van der Waals surface area contributed by atoms with E-state index in [0.717, 1.165) is 5.56 Å². The standard InChI is InChI=1S/C10H13O3P/c1-8(10(11)14(12)13)7-9-5-3-2-4-6-9/h2-6,11-13H,7H2,1H3. The van der Waals surface area contributed by atoms with E-state index >= 15 is 0 Å². The summed E-state index contributed by atoms with van der Waals surface area (Å²) < 4.78 is 0. The highest BCUT2D eigenvalue weighted by atomic mass is 31.2. The van der Waals surface area contributed by atoms with Gasteiger partial charge in [0.25, 0.3) is 0 Å². The van der Waals surface area contributed by atoms with Crippen molar-refractivity contribution in [2.45, 2.75) is 13.3 Å². The van der Waals surface area contributed by atoms with Crippen molar-refractivity contribution in [1.82, 2.24) is 0 Å².